The standard InChI is InChI=1S/C19H20FNO3/c1-12-3-7-16(11-17(12)20)13(2)21-18(22)10-6-14-4-8-15(9-5-14)19(23)24/h3-5,7-9,11,13H,6,10H2,1-2H3,(H,21,22)(H,23,24). The minimum Gasteiger partial charge on any atom is -0.478 e. The number of hydrogen-bond donors (Lipinski definition) is 2. The minimum absolute atomic E-state index is 0.134. The maximum Gasteiger partial charge on any atom is 0.335 e. The van der Waals surface area contributed by atoms with E-state index < -0.39 is 5.97 Å². The second-order valence-electron chi connectivity index (χ2n) is 5.80. The van der Waals surface area contributed by atoms with Gasteiger partial charge in [0.15, 0.2) is 0 Å². The average Bonchev–Trinajstić information content (AvgIpc) is 2.55. The Hall–Kier alpha value is -2.69. The normalized spacial score (nSPS) is 11.8. The first-order chi connectivity index (χ1) is 11.4. The summed E-state index contributed by atoms with van der Waals surface area (Å²) >= 11 is 0. The smallest absolute Gasteiger partial charge is 0.335 e. The van der Waals surface area contributed by atoms with E-state index in [1.165, 1.54) is 18.2 Å². The molecule has 2 N–H and O–H groups in total. The highest BCUT2D eigenvalue weighted by molar-refractivity contribution is 5.87. The van der Waals surface area contributed by atoms with Crippen LogP contribution in [0.3, 0.4) is 0 Å². The Kier molecular flexibility index (Phi) is 5.68. The third-order valence-corrected chi connectivity index (χ3v) is 3.92. The van der Waals surface area contributed by atoms with Gasteiger partial charge >= 0.3 is 5.97 Å². The molecule has 0 aliphatic heterocycles. The van der Waals surface area contributed by atoms with Crippen molar-refractivity contribution in [3.63, 3.8) is 0 Å². The first kappa shape index (κ1) is 17.7. The second-order valence-corrected chi connectivity index (χ2v) is 5.80. The molecule has 0 radical (unpaired) electrons. The van der Waals surface area contributed by atoms with Crippen molar-refractivity contribution in [2.75, 3.05) is 0 Å². The SMILES string of the molecule is Cc1ccc(C(C)NC(=O)CCc2ccc(C(=O)O)cc2)cc1F. The molecule has 2 aromatic rings. The Morgan fingerprint density at radius 2 is 1.83 bits per heavy atom. The zero-order valence-electron chi connectivity index (χ0n) is 13.7. The first-order valence-corrected chi connectivity index (χ1v) is 7.74. The summed E-state index contributed by atoms with van der Waals surface area (Å²) in [5, 5.41) is 11.7. The highest BCUT2D eigenvalue weighted by Crippen LogP contribution is 2.16. The Morgan fingerprint density at radius 1 is 1.17 bits per heavy atom. The van der Waals surface area contributed by atoms with Crippen molar-refractivity contribution in [3.05, 3.63) is 70.5 Å². The number of carbonyl (C=O) groups excluding carboxylic acids is 1. The number of hydrogen-bond acceptors (Lipinski definition) is 2. The molecule has 0 aliphatic rings. The van der Waals surface area contributed by atoms with Gasteiger partial charge in [0, 0.05) is 6.42 Å². The van der Waals surface area contributed by atoms with E-state index in [1.54, 1.807) is 31.2 Å². The van der Waals surface area contributed by atoms with Crippen molar-refractivity contribution >= 4 is 11.9 Å². The fraction of sp³-hybridized carbons (Fsp3) is 0.263. The summed E-state index contributed by atoms with van der Waals surface area (Å²) in [4.78, 5) is 22.8. The molecule has 0 aliphatic carbocycles. The van der Waals surface area contributed by atoms with Crippen LogP contribution in [0.1, 0.15) is 46.4 Å². The molecule has 0 saturated carbocycles. The number of carbonyl (C=O) groups is 2. The molecule has 2 aromatic carbocycles. The van der Waals surface area contributed by atoms with Crippen LogP contribution in [0.25, 0.3) is 0 Å². The van der Waals surface area contributed by atoms with Gasteiger partial charge in [-0.3, -0.25) is 4.79 Å². The Bertz CT molecular complexity index is 741. The summed E-state index contributed by atoms with van der Waals surface area (Å²) < 4.78 is 13.6. The van der Waals surface area contributed by atoms with Crippen LogP contribution in [0, 0.1) is 12.7 Å². The van der Waals surface area contributed by atoms with E-state index in [4.69, 9.17) is 5.11 Å². The van der Waals surface area contributed by atoms with Crippen molar-refractivity contribution < 1.29 is 19.1 Å². The predicted octanol–water partition coefficient (Wildman–Crippen LogP) is 3.64. The summed E-state index contributed by atoms with van der Waals surface area (Å²) in [6.45, 7) is 3.50. The zero-order valence-corrected chi connectivity index (χ0v) is 13.7. The molecule has 0 heterocycles. The largest absolute Gasteiger partial charge is 0.478 e. The van der Waals surface area contributed by atoms with E-state index in [2.05, 4.69) is 5.32 Å². The average molecular weight is 329 g/mol. The molecular formula is C19H20FNO3. The van der Waals surface area contributed by atoms with E-state index in [0.717, 1.165) is 11.1 Å². The van der Waals surface area contributed by atoms with E-state index in [-0.39, 0.29) is 29.8 Å². The predicted molar refractivity (Wildman–Crippen MR) is 89.4 cm³/mol. The minimum atomic E-state index is -0.974. The lowest BCUT2D eigenvalue weighted by Gasteiger charge is -2.15. The third kappa shape index (κ3) is 4.65. The van der Waals surface area contributed by atoms with Gasteiger partial charge in [-0.1, -0.05) is 24.3 Å². The van der Waals surface area contributed by atoms with Crippen molar-refractivity contribution in [1.29, 1.82) is 0 Å². The quantitative estimate of drug-likeness (QED) is 0.850. The highest BCUT2D eigenvalue weighted by atomic mass is 19.1. The van der Waals surface area contributed by atoms with Crippen molar-refractivity contribution in [1.82, 2.24) is 5.32 Å². The van der Waals surface area contributed by atoms with Crippen molar-refractivity contribution in [3.8, 4) is 0 Å². The highest BCUT2D eigenvalue weighted by Gasteiger charge is 2.11. The van der Waals surface area contributed by atoms with Gasteiger partial charge in [0.25, 0.3) is 0 Å². The van der Waals surface area contributed by atoms with Gasteiger partial charge in [0.05, 0.1) is 11.6 Å². The number of aromatic carboxylic acids is 1. The van der Waals surface area contributed by atoms with E-state index >= 15 is 0 Å². The molecule has 0 aromatic heterocycles. The number of carboxylic acid groups (broad SMARTS) is 1. The lowest BCUT2D eigenvalue weighted by Crippen LogP contribution is -2.26. The Balaban J connectivity index is 1.88. The van der Waals surface area contributed by atoms with Gasteiger partial charge in [-0.25, -0.2) is 9.18 Å². The van der Waals surface area contributed by atoms with Crippen molar-refractivity contribution in [2.45, 2.75) is 32.7 Å². The van der Waals surface area contributed by atoms with Gasteiger partial charge in [-0.05, 0) is 55.2 Å². The van der Waals surface area contributed by atoms with Crippen LogP contribution >= 0.6 is 0 Å². The molecule has 2 rings (SSSR count). The Labute approximate surface area is 140 Å². The Morgan fingerprint density at radius 3 is 2.42 bits per heavy atom. The fourth-order valence-electron chi connectivity index (χ4n) is 2.35. The summed E-state index contributed by atoms with van der Waals surface area (Å²) in [5.74, 6) is -1.39. The van der Waals surface area contributed by atoms with Crippen LogP contribution in [0.4, 0.5) is 4.39 Å². The van der Waals surface area contributed by atoms with Crippen LogP contribution in [-0.2, 0) is 11.2 Å². The lowest BCUT2D eigenvalue weighted by atomic mass is 10.0. The molecule has 1 unspecified atom stereocenters. The summed E-state index contributed by atoms with van der Waals surface area (Å²) in [6.07, 6.45) is 0.797. The number of nitrogens with one attached hydrogen (secondary N) is 1. The summed E-state index contributed by atoms with van der Waals surface area (Å²) in [5.41, 5.74) is 2.40. The number of rotatable bonds is 6. The van der Waals surface area contributed by atoms with Gasteiger partial charge in [-0.15, -0.1) is 0 Å². The number of halogens is 1. The zero-order chi connectivity index (χ0) is 17.7. The van der Waals surface area contributed by atoms with Crippen LogP contribution in [0.15, 0.2) is 42.5 Å². The molecule has 126 valence electrons. The monoisotopic (exact) mass is 329 g/mol. The van der Waals surface area contributed by atoms with Crippen LogP contribution in [0.2, 0.25) is 0 Å². The molecule has 5 heteroatoms. The van der Waals surface area contributed by atoms with E-state index in [1.807, 2.05) is 6.92 Å². The maximum absolute atomic E-state index is 13.6. The molecular weight excluding hydrogens is 309 g/mol. The lowest BCUT2D eigenvalue weighted by molar-refractivity contribution is -0.121. The number of benzene rings is 2. The number of aryl methyl sites for hydroxylation is 2. The van der Waals surface area contributed by atoms with E-state index in [0.29, 0.717) is 12.0 Å². The second kappa shape index (κ2) is 7.73. The molecule has 4 nitrogen and oxygen atoms in total. The van der Waals surface area contributed by atoms with Crippen LogP contribution in [-0.4, -0.2) is 17.0 Å². The third-order valence-electron chi connectivity index (χ3n) is 3.92. The molecule has 0 fully saturated rings. The fourth-order valence-corrected chi connectivity index (χ4v) is 2.35. The molecule has 24 heavy (non-hydrogen) atoms. The van der Waals surface area contributed by atoms with Gasteiger partial charge in [0.2, 0.25) is 5.91 Å². The first-order valence-electron chi connectivity index (χ1n) is 7.74. The molecule has 0 saturated heterocycles. The molecule has 1 amide bonds. The summed E-state index contributed by atoms with van der Waals surface area (Å²) in [6, 6.07) is 11.1. The number of carboxylic acids is 1. The van der Waals surface area contributed by atoms with Crippen LogP contribution in [0.5, 0.6) is 0 Å². The van der Waals surface area contributed by atoms with Crippen molar-refractivity contribution in [2.24, 2.45) is 0 Å². The van der Waals surface area contributed by atoms with E-state index in [9.17, 15) is 14.0 Å². The topological polar surface area (TPSA) is 66.4 Å². The summed E-state index contributed by atoms with van der Waals surface area (Å²) in [7, 11) is 0. The van der Waals surface area contributed by atoms with Gasteiger partial charge < -0.3 is 10.4 Å². The van der Waals surface area contributed by atoms with Crippen LogP contribution < -0.4 is 5.32 Å². The number of amides is 1. The maximum atomic E-state index is 13.6. The molecule has 0 spiro atoms. The molecule has 0 bridgehead atoms. The van der Waals surface area contributed by atoms with Gasteiger partial charge in [-0.2, -0.15) is 0 Å². The van der Waals surface area contributed by atoms with Gasteiger partial charge in [0.1, 0.15) is 5.82 Å². The molecule has 1 atom stereocenters.